The molecule has 29 heavy (non-hydrogen) atoms. The molecule has 1 aromatic rings. The van der Waals surface area contributed by atoms with E-state index in [9.17, 15) is 4.79 Å². The molecule has 6 nitrogen and oxygen atoms in total. The maximum absolute atomic E-state index is 10.1. The van der Waals surface area contributed by atoms with Crippen LogP contribution in [0.5, 0.6) is 0 Å². The third kappa shape index (κ3) is 16.1. The topological polar surface area (TPSA) is 78.4 Å². The molecule has 0 amide bonds. The molecule has 0 bridgehead atoms. The number of nitrogens with one attached hydrogen (secondary N) is 3. The van der Waals surface area contributed by atoms with Gasteiger partial charge >= 0.3 is 40.8 Å². The second-order valence-corrected chi connectivity index (χ2v) is 5.46. The molecular weight excluding hydrogens is 495 g/mol. The molecule has 0 atom stereocenters. The van der Waals surface area contributed by atoms with Crippen molar-refractivity contribution in [2.75, 3.05) is 31.5 Å². The zero-order valence-electron chi connectivity index (χ0n) is 18.2. The molecule has 1 aliphatic heterocycles. The fraction of sp³-hybridized carbons (Fsp3) is 0.318. The quantitative estimate of drug-likeness (QED) is 0.493. The fourth-order valence-corrected chi connectivity index (χ4v) is 1.94. The maximum atomic E-state index is 10.1. The Morgan fingerprint density at radius 2 is 1.93 bits per heavy atom. The molecule has 1 radical (unpaired) electrons. The summed E-state index contributed by atoms with van der Waals surface area (Å²) in [5, 5.41) is 9.54. The molecule has 0 spiro atoms. The number of hydrogen-bond donors (Lipinski definition) is 3. The first-order chi connectivity index (χ1) is 12.7. The van der Waals surface area contributed by atoms with Gasteiger partial charge in [0.25, 0.3) is 0 Å². The Morgan fingerprint density at radius 1 is 1.17 bits per heavy atom. The van der Waals surface area contributed by atoms with Gasteiger partial charge in [-0.15, -0.1) is 6.07 Å². The third-order valence-corrected chi connectivity index (χ3v) is 3.27. The van der Waals surface area contributed by atoms with Gasteiger partial charge in [-0.2, -0.15) is 6.07 Å². The second-order valence-electron chi connectivity index (χ2n) is 5.46. The van der Waals surface area contributed by atoms with Gasteiger partial charge in [-0.05, 0) is 44.3 Å². The van der Waals surface area contributed by atoms with Gasteiger partial charge in [0.15, 0.2) is 0 Å². The number of nitrogens with zero attached hydrogens (tertiary/aromatic N) is 2. The third-order valence-electron chi connectivity index (χ3n) is 3.27. The van der Waals surface area contributed by atoms with E-state index in [0.29, 0.717) is 5.69 Å². The van der Waals surface area contributed by atoms with Crippen LogP contribution in [0.2, 0.25) is 0 Å². The molecule has 0 aromatic carbocycles. The zero-order chi connectivity index (χ0) is 19.0. The average molecular weight is 529 g/mol. The standard InChI is InChI=1S/C12H19N3.C8H9N2O.2CH3.Nd/c1-3-13-9-12-6-8-14-7-4-5-11(2)15-10-12;1-2-9-7-3-4-8(6-11)10-5-7;;;/h4-6,8,10,13-14H,3,7,9H2,1-2H3;3-5,9H,2H2,1H3;2*1H3;/q;3*-1;+3/b5-4-,8-6+,12-10+,15-11+;;;;. The minimum Gasteiger partial charge on any atom is -0.417 e. The van der Waals surface area contributed by atoms with Crippen molar-refractivity contribution in [1.29, 1.82) is 0 Å². The molecule has 0 aliphatic carbocycles. The summed E-state index contributed by atoms with van der Waals surface area (Å²) in [6.45, 7) is 9.63. The number of aromatic nitrogens is 1. The first kappa shape index (κ1) is 32.3. The average Bonchev–Trinajstić information content (AvgIpc) is 2.67. The van der Waals surface area contributed by atoms with Gasteiger partial charge in [-0.3, -0.25) is 9.98 Å². The fourth-order valence-electron chi connectivity index (χ4n) is 1.94. The van der Waals surface area contributed by atoms with Crippen molar-refractivity contribution in [2.45, 2.75) is 20.8 Å². The molecule has 0 fully saturated rings. The number of rotatable bonds is 6. The maximum Gasteiger partial charge on any atom is 3.00 e. The van der Waals surface area contributed by atoms with Crippen molar-refractivity contribution in [3.8, 4) is 0 Å². The van der Waals surface area contributed by atoms with E-state index in [1.54, 1.807) is 24.6 Å². The van der Waals surface area contributed by atoms with E-state index in [1.165, 1.54) is 5.57 Å². The van der Waals surface area contributed by atoms with E-state index < -0.39 is 0 Å². The van der Waals surface area contributed by atoms with Gasteiger partial charge in [0.1, 0.15) is 0 Å². The predicted molar refractivity (Wildman–Crippen MR) is 122 cm³/mol. The van der Waals surface area contributed by atoms with Gasteiger partial charge in [-0.25, -0.2) is 0 Å². The summed E-state index contributed by atoms with van der Waals surface area (Å²) in [5.41, 5.74) is 3.47. The summed E-state index contributed by atoms with van der Waals surface area (Å²) < 4.78 is 0. The van der Waals surface area contributed by atoms with Crippen molar-refractivity contribution in [1.82, 2.24) is 15.6 Å². The SMILES string of the molecule is CCNCC1=C/N=C(C)/C=C\CN\C=C\1.CCNc1ccc([C-]=O)nc1.[CH3-].[CH3-].[Nd+3]. The van der Waals surface area contributed by atoms with Crippen molar-refractivity contribution in [3.05, 3.63) is 75.1 Å². The molecule has 3 N–H and O–H groups in total. The molecular formula is C22H34N5NdO. The van der Waals surface area contributed by atoms with Crippen molar-refractivity contribution < 1.29 is 45.6 Å². The molecule has 157 valence electrons. The van der Waals surface area contributed by atoms with Crippen LogP contribution < -0.4 is 16.0 Å². The Morgan fingerprint density at radius 3 is 2.52 bits per heavy atom. The number of likely N-dealkylation sites (N-methyl/N-ethyl adjacent to an activating group) is 1. The number of pyridine rings is 1. The summed E-state index contributed by atoms with van der Waals surface area (Å²) in [6, 6.07) is 3.43. The minimum absolute atomic E-state index is 0. The van der Waals surface area contributed by atoms with Crippen LogP contribution in [-0.2, 0) is 4.79 Å². The summed E-state index contributed by atoms with van der Waals surface area (Å²) in [6.07, 6.45) is 13.3. The van der Waals surface area contributed by atoms with Gasteiger partial charge in [0.05, 0.1) is 0 Å². The molecule has 1 aliphatic rings. The van der Waals surface area contributed by atoms with Gasteiger partial charge in [-0.1, -0.05) is 18.7 Å². The second kappa shape index (κ2) is 21.3. The number of anilines is 1. The van der Waals surface area contributed by atoms with Gasteiger partial charge in [0.2, 0.25) is 0 Å². The van der Waals surface area contributed by atoms with E-state index >= 15 is 0 Å². The summed E-state index contributed by atoms with van der Waals surface area (Å²) in [4.78, 5) is 18.3. The number of carbonyl (C=O) groups excluding carboxylic acids is 1. The monoisotopic (exact) mass is 526 g/mol. The van der Waals surface area contributed by atoms with E-state index in [1.807, 2.05) is 32.3 Å². The van der Waals surface area contributed by atoms with Crippen molar-refractivity contribution in [3.63, 3.8) is 0 Å². The van der Waals surface area contributed by atoms with E-state index in [0.717, 1.165) is 37.6 Å². The minimum atomic E-state index is 0. The molecule has 1 aromatic heterocycles. The Balaban J connectivity index is -0.000000437. The Labute approximate surface area is 210 Å². The number of allylic oxidation sites excluding steroid dienone is 1. The van der Waals surface area contributed by atoms with E-state index in [2.05, 4.69) is 45.0 Å². The normalized spacial score (nSPS) is 17.9. The largest absolute Gasteiger partial charge is 3.00 e. The van der Waals surface area contributed by atoms with Crippen LogP contribution in [0.15, 0.2) is 59.5 Å². The Hall–Kier alpha value is -1.38. The molecule has 0 unspecified atom stereocenters. The Kier molecular flexibility index (Phi) is 23.8. The first-order valence-electron chi connectivity index (χ1n) is 8.78. The van der Waals surface area contributed by atoms with Crippen LogP contribution in [0, 0.1) is 55.7 Å². The molecule has 2 heterocycles. The Bertz CT molecular complexity index is 652. The predicted octanol–water partition coefficient (Wildman–Crippen LogP) is 3.49. The molecule has 2 rings (SSSR count). The zero-order valence-corrected chi connectivity index (χ0v) is 21.5. The summed E-state index contributed by atoms with van der Waals surface area (Å²) in [7, 11) is 0. The first-order valence-corrected chi connectivity index (χ1v) is 8.78. The van der Waals surface area contributed by atoms with Crippen LogP contribution in [0.4, 0.5) is 5.69 Å². The number of hydrogen-bond acceptors (Lipinski definition) is 6. The molecule has 7 heteroatoms. The van der Waals surface area contributed by atoms with Gasteiger partial charge in [0, 0.05) is 49.7 Å². The summed E-state index contributed by atoms with van der Waals surface area (Å²) >= 11 is 0. The van der Waals surface area contributed by atoms with Crippen LogP contribution in [0.25, 0.3) is 0 Å². The van der Waals surface area contributed by atoms with Crippen molar-refractivity contribution in [2.24, 2.45) is 4.99 Å². The molecule has 0 saturated heterocycles. The van der Waals surface area contributed by atoms with Gasteiger partial charge < -0.3 is 35.6 Å². The smallest absolute Gasteiger partial charge is 0.417 e. The van der Waals surface area contributed by atoms with Crippen LogP contribution in [0.1, 0.15) is 26.5 Å². The summed E-state index contributed by atoms with van der Waals surface area (Å²) in [5.74, 6) is 0. The number of aliphatic imine (C=N–C) groups is 1. The van der Waals surface area contributed by atoms with Crippen LogP contribution >= 0.6 is 0 Å². The van der Waals surface area contributed by atoms with Crippen molar-refractivity contribution >= 4 is 17.7 Å². The van der Waals surface area contributed by atoms with Crippen LogP contribution in [-0.4, -0.2) is 43.2 Å². The van der Waals surface area contributed by atoms with Crippen LogP contribution in [0.3, 0.4) is 0 Å². The molecule has 0 saturated carbocycles. The van der Waals surface area contributed by atoms with E-state index in [4.69, 9.17) is 0 Å². The van der Waals surface area contributed by atoms with E-state index in [-0.39, 0.29) is 55.7 Å².